The normalized spacial score (nSPS) is 21.5. The van der Waals surface area contributed by atoms with Crippen LogP contribution in [0.2, 0.25) is 0 Å². The zero-order chi connectivity index (χ0) is 18.9. The third-order valence-corrected chi connectivity index (χ3v) is 7.14. The summed E-state index contributed by atoms with van der Waals surface area (Å²) in [5.74, 6) is 3.59. The minimum atomic E-state index is 0.300. The molecule has 1 aliphatic heterocycles. The highest BCUT2D eigenvalue weighted by Gasteiger charge is 2.24. The van der Waals surface area contributed by atoms with Crippen LogP contribution >= 0.6 is 0 Å². The van der Waals surface area contributed by atoms with E-state index in [1.54, 1.807) is 0 Å². The van der Waals surface area contributed by atoms with Crippen molar-refractivity contribution in [2.75, 3.05) is 26.2 Å². The number of hydrogen-bond acceptors (Lipinski definition) is 2. The number of piperidine rings is 1. The second-order valence-corrected chi connectivity index (χ2v) is 10.0. The molecule has 0 bridgehead atoms. The smallest absolute Gasteiger partial charge is 0.0436 e. The third-order valence-electron chi connectivity index (χ3n) is 7.14. The fraction of sp³-hybridized carbons (Fsp3) is 1.00. The van der Waals surface area contributed by atoms with Crippen LogP contribution in [-0.4, -0.2) is 36.2 Å². The lowest BCUT2D eigenvalue weighted by molar-refractivity contribution is 0.128. The number of nitrogens with zero attached hydrogens (tertiary/aromatic N) is 1. The van der Waals surface area contributed by atoms with E-state index in [9.17, 15) is 0 Å². The van der Waals surface area contributed by atoms with Crippen LogP contribution < -0.4 is 0 Å². The predicted octanol–water partition coefficient (Wildman–Crippen LogP) is 5.99. The molecule has 0 spiro atoms. The van der Waals surface area contributed by atoms with Crippen LogP contribution in [0.1, 0.15) is 92.9 Å². The van der Waals surface area contributed by atoms with Crippen LogP contribution in [0.3, 0.4) is 0 Å². The van der Waals surface area contributed by atoms with E-state index in [1.807, 2.05) is 0 Å². The van der Waals surface area contributed by atoms with Crippen molar-refractivity contribution in [3.05, 3.63) is 0 Å². The van der Waals surface area contributed by atoms with Gasteiger partial charge in [0.1, 0.15) is 0 Å². The van der Waals surface area contributed by atoms with E-state index in [2.05, 4.69) is 46.4 Å². The summed E-state index contributed by atoms with van der Waals surface area (Å²) in [6.07, 6.45) is 11.3. The summed E-state index contributed by atoms with van der Waals surface area (Å²) in [7, 11) is 0. The SMILES string of the molecule is CC(C)C(C)(C)CCO.CC(C)C1CCN(CC2CCCCC2)CC1. The predicted molar refractivity (Wildman–Crippen MR) is 111 cm³/mol. The van der Waals surface area contributed by atoms with E-state index in [0.29, 0.717) is 17.9 Å². The lowest BCUT2D eigenvalue weighted by Crippen LogP contribution is -2.38. The molecule has 150 valence electrons. The summed E-state index contributed by atoms with van der Waals surface area (Å²) < 4.78 is 0. The van der Waals surface area contributed by atoms with E-state index in [1.165, 1.54) is 64.6 Å². The maximum atomic E-state index is 8.65. The first-order valence-electron chi connectivity index (χ1n) is 11.1. The Morgan fingerprint density at radius 1 is 0.920 bits per heavy atom. The average Bonchev–Trinajstić information content (AvgIpc) is 2.57. The van der Waals surface area contributed by atoms with Gasteiger partial charge in [0.25, 0.3) is 0 Å². The fourth-order valence-corrected chi connectivity index (χ4v) is 4.11. The zero-order valence-corrected chi connectivity index (χ0v) is 18.2. The highest BCUT2D eigenvalue weighted by molar-refractivity contribution is 4.77. The maximum absolute atomic E-state index is 8.65. The molecule has 2 aliphatic rings. The summed E-state index contributed by atoms with van der Waals surface area (Å²) in [6, 6.07) is 0. The molecular formula is C23H47NO. The van der Waals surface area contributed by atoms with Crippen molar-refractivity contribution >= 4 is 0 Å². The van der Waals surface area contributed by atoms with Crippen LogP contribution in [0.4, 0.5) is 0 Å². The number of aliphatic hydroxyl groups is 1. The van der Waals surface area contributed by atoms with Crippen molar-refractivity contribution < 1.29 is 5.11 Å². The molecule has 0 atom stereocenters. The van der Waals surface area contributed by atoms with E-state index >= 15 is 0 Å². The molecule has 1 N–H and O–H groups in total. The second kappa shape index (κ2) is 11.6. The lowest BCUT2D eigenvalue weighted by Gasteiger charge is -2.36. The Bertz CT molecular complexity index is 323. The lowest BCUT2D eigenvalue weighted by atomic mass is 9.79. The van der Waals surface area contributed by atoms with Gasteiger partial charge in [0, 0.05) is 13.2 Å². The van der Waals surface area contributed by atoms with Gasteiger partial charge in [-0.15, -0.1) is 0 Å². The van der Waals surface area contributed by atoms with Gasteiger partial charge >= 0.3 is 0 Å². The highest BCUT2D eigenvalue weighted by atomic mass is 16.3. The van der Waals surface area contributed by atoms with Gasteiger partial charge in [0.05, 0.1) is 0 Å². The first-order valence-corrected chi connectivity index (χ1v) is 11.1. The summed E-state index contributed by atoms with van der Waals surface area (Å²) in [5.41, 5.74) is 0.300. The minimum Gasteiger partial charge on any atom is -0.396 e. The molecular weight excluding hydrogens is 306 g/mol. The molecule has 2 rings (SSSR count). The molecule has 25 heavy (non-hydrogen) atoms. The zero-order valence-electron chi connectivity index (χ0n) is 18.2. The van der Waals surface area contributed by atoms with Crippen LogP contribution in [0, 0.1) is 29.1 Å². The Balaban J connectivity index is 0.000000299. The van der Waals surface area contributed by atoms with Crippen molar-refractivity contribution in [2.45, 2.75) is 92.9 Å². The first kappa shape index (κ1) is 23.0. The standard InChI is InChI=1S/C15H29N.C8H18O/c1-13(2)15-8-10-16(11-9-15)12-14-6-4-3-5-7-14;1-7(2)8(3,4)5-6-9/h13-15H,3-12H2,1-2H3;7,9H,5-6H2,1-4H3. The molecule has 0 aromatic heterocycles. The van der Waals surface area contributed by atoms with Crippen LogP contribution in [0.15, 0.2) is 0 Å². The molecule has 0 unspecified atom stereocenters. The maximum Gasteiger partial charge on any atom is 0.0436 e. The average molecular weight is 354 g/mol. The molecule has 0 radical (unpaired) electrons. The Hall–Kier alpha value is -0.0800. The van der Waals surface area contributed by atoms with Gasteiger partial charge in [-0.3, -0.25) is 0 Å². The van der Waals surface area contributed by atoms with Gasteiger partial charge < -0.3 is 10.0 Å². The Morgan fingerprint density at radius 3 is 1.88 bits per heavy atom. The van der Waals surface area contributed by atoms with Gasteiger partial charge in [0.15, 0.2) is 0 Å². The molecule has 2 nitrogen and oxygen atoms in total. The number of likely N-dealkylation sites (tertiary alicyclic amines) is 1. The molecule has 1 heterocycles. The van der Waals surface area contributed by atoms with Gasteiger partial charge in [-0.25, -0.2) is 0 Å². The molecule has 0 aromatic carbocycles. The topological polar surface area (TPSA) is 23.5 Å². The Morgan fingerprint density at radius 2 is 1.48 bits per heavy atom. The first-order chi connectivity index (χ1) is 11.8. The third kappa shape index (κ3) is 8.91. The molecule has 1 saturated heterocycles. The van der Waals surface area contributed by atoms with Crippen molar-refractivity contribution in [2.24, 2.45) is 29.1 Å². The van der Waals surface area contributed by atoms with E-state index in [4.69, 9.17) is 5.11 Å². The van der Waals surface area contributed by atoms with Gasteiger partial charge in [0.2, 0.25) is 0 Å². The van der Waals surface area contributed by atoms with Crippen LogP contribution in [0.25, 0.3) is 0 Å². The molecule has 0 aromatic rings. The van der Waals surface area contributed by atoms with Crippen LogP contribution in [-0.2, 0) is 0 Å². The summed E-state index contributed by atoms with van der Waals surface area (Å²) in [5, 5.41) is 8.65. The van der Waals surface area contributed by atoms with Gasteiger partial charge in [-0.2, -0.15) is 0 Å². The molecule has 1 saturated carbocycles. The minimum absolute atomic E-state index is 0.300. The van der Waals surface area contributed by atoms with E-state index in [-0.39, 0.29) is 0 Å². The Labute approximate surface area is 158 Å². The highest BCUT2D eigenvalue weighted by Crippen LogP contribution is 2.29. The van der Waals surface area contributed by atoms with Gasteiger partial charge in [-0.1, -0.05) is 60.8 Å². The van der Waals surface area contributed by atoms with E-state index < -0.39 is 0 Å². The van der Waals surface area contributed by atoms with Crippen LogP contribution in [0.5, 0.6) is 0 Å². The summed E-state index contributed by atoms with van der Waals surface area (Å²) in [6.45, 7) is 18.0. The second-order valence-electron chi connectivity index (χ2n) is 10.0. The van der Waals surface area contributed by atoms with Crippen molar-refractivity contribution in [1.29, 1.82) is 0 Å². The monoisotopic (exact) mass is 353 g/mol. The Kier molecular flexibility index (Phi) is 10.6. The number of aliphatic hydroxyl groups excluding tert-OH is 1. The molecule has 0 amide bonds. The summed E-state index contributed by atoms with van der Waals surface area (Å²) in [4.78, 5) is 2.74. The fourth-order valence-electron chi connectivity index (χ4n) is 4.11. The summed E-state index contributed by atoms with van der Waals surface area (Å²) >= 11 is 0. The largest absolute Gasteiger partial charge is 0.396 e. The number of rotatable bonds is 6. The van der Waals surface area contributed by atoms with Gasteiger partial charge in [-0.05, 0) is 74.3 Å². The molecule has 2 heteroatoms. The van der Waals surface area contributed by atoms with E-state index in [0.717, 1.165) is 24.2 Å². The quantitative estimate of drug-likeness (QED) is 0.634. The van der Waals surface area contributed by atoms with Crippen molar-refractivity contribution in [1.82, 2.24) is 4.90 Å². The number of hydrogen-bond donors (Lipinski definition) is 1. The van der Waals surface area contributed by atoms with Crippen molar-refractivity contribution in [3.63, 3.8) is 0 Å². The molecule has 2 fully saturated rings. The molecule has 1 aliphatic carbocycles. The van der Waals surface area contributed by atoms with Crippen molar-refractivity contribution in [3.8, 4) is 0 Å².